The molecule has 0 atom stereocenters. The number of rotatable bonds is 1. The molecule has 0 fully saturated rings. The maximum atomic E-state index is 3.18. The first-order valence-corrected chi connectivity index (χ1v) is 4.21. The predicted octanol–water partition coefficient (Wildman–Crippen LogP) is -2.85. The smallest absolute Gasteiger partial charge is 1.00 e. The van der Waals surface area contributed by atoms with E-state index < -0.39 is 0 Å². The van der Waals surface area contributed by atoms with Crippen LogP contribution < -0.4 is 9.41 Å². The van der Waals surface area contributed by atoms with Crippen LogP contribution in [-0.2, 0) is 26.2 Å². The van der Waals surface area contributed by atoms with Crippen molar-refractivity contribution in [3.8, 4) is 0 Å². The minimum Gasteiger partial charge on any atom is -1.00 e. The molecule has 2 rings (SSSR count). The molecule has 15 heavy (non-hydrogen) atoms. The molecule has 0 heterocycles. The predicted molar refractivity (Wildman–Crippen MR) is 51.6 cm³/mol. The van der Waals surface area contributed by atoms with Gasteiger partial charge >= 0.3 is 26.2 Å². The average molecular weight is 284 g/mol. The maximum Gasteiger partial charge on any atom is 3.00 e. The summed E-state index contributed by atoms with van der Waals surface area (Å²) in [6.07, 6.45) is 8.42. The zero-order valence-corrected chi connectivity index (χ0v) is 10.9. The van der Waals surface area contributed by atoms with Crippen molar-refractivity contribution in [3.63, 3.8) is 0 Å². The van der Waals surface area contributed by atoms with Crippen LogP contribution in [0.5, 0.6) is 0 Å². The van der Waals surface area contributed by atoms with Crippen molar-refractivity contribution in [1.82, 2.24) is 0 Å². The van der Waals surface area contributed by atoms with Gasteiger partial charge in [0.2, 0.25) is 0 Å². The van der Waals surface area contributed by atoms with Crippen LogP contribution >= 0.6 is 0 Å². The van der Waals surface area contributed by atoms with Gasteiger partial charge in [-0.2, -0.15) is 11.6 Å². The van der Waals surface area contributed by atoms with Crippen LogP contribution in [0.15, 0.2) is 36.4 Å². The minimum atomic E-state index is 0. The topological polar surface area (TPSA) is 0 Å². The number of benzene rings is 1. The molecule has 0 saturated carbocycles. The van der Waals surface area contributed by atoms with Gasteiger partial charge in [-0.15, -0.1) is 6.42 Å². The summed E-state index contributed by atoms with van der Waals surface area (Å²) >= 11 is 0. The summed E-state index contributed by atoms with van der Waals surface area (Å²) in [5.41, 5.74) is 3.99. The van der Waals surface area contributed by atoms with E-state index in [1.807, 2.05) is 0 Å². The van der Waals surface area contributed by atoms with E-state index in [0.717, 1.165) is 6.42 Å². The second kappa shape index (κ2) is 7.70. The van der Waals surface area contributed by atoms with Gasteiger partial charge in [0.25, 0.3) is 0 Å². The Labute approximate surface area is 108 Å². The number of aryl methyl sites for hydroxylation is 1. The molecule has 0 unspecified atom stereocenters. The Morgan fingerprint density at radius 2 is 1.80 bits per heavy atom. The van der Waals surface area contributed by atoms with Gasteiger partial charge in [-0.1, -0.05) is 35.4 Å². The van der Waals surface area contributed by atoms with E-state index in [4.69, 9.17) is 0 Å². The zero-order chi connectivity index (χ0) is 8.39. The Balaban J connectivity index is 0. The van der Waals surface area contributed by atoms with Gasteiger partial charge in [0.15, 0.2) is 0 Å². The molecule has 3 heteroatoms. The Kier molecular flexibility index (Phi) is 8.65. The monoisotopic (exact) mass is 283 g/mol. The third-order valence-corrected chi connectivity index (χ3v) is 2.15. The van der Waals surface area contributed by atoms with Crippen LogP contribution in [0, 0.1) is 13.0 Å². The summed E-state index contributed by atoms with van der Waals surface area (Å²) in [6.45, 7) is 2.14. The van der Waals surface area contributed by atoms with Crippen molar-refractivity contribution in [2.75, 3.05) is 0 Å². The average Bonchev–Trinajstić information content (AvgIpc) is 2.57. The Bertz CT molecular complexity index is 356. The molecule has 0 spiro atoms. The van der Waals surface area contributed by atoms with Crippen LogP contribution in [0.3, 0.4) is 0 Å². The first kappa shape index (κ1) is 16.9. The van der Waals surface area contributed by atoms with Gasteiger partial charge in [-0.25, -0.2) is 6.08 Å². The van der Waals surface area contributed by atoms with Crippen molar-refractivity contribution in [2.45, 2.75) is 13.3 Å². The molecular weight excluding hydrogens is 273 g/mol. The molecule has 0 aromatic heterocycles. The largest absolute Gasteiger partial charge is 3.00 e. The van der Waals surface area contributed by atoms with Crippen LogP contribution in [0.2, 0.25) is 0 Å². The maximum absolute atomic E-state index is 3.18. The molecule has 0 amide bonds. The van der Waals surface area contributed by atoms with Gasteiger partial charge in [0.05, 0.1) is 0 Å². The number of halogens is 2. The van der Waals surface area contributed by atoms with E-state index in [-0.39, 0.29) is 35.6 Å². The molecule has 1 radical (unpaired) electrons. The van der Waals surface area contributed by atoms with E-state index >= 15 is 0 Å². The van der Waals surface area contributed by atoms with E-state index in [0.29, 0.717) is 0 Å². The number of allylic oxidation sites excluding steroid dienone is 4. The number of hydrogen-bond acceptors (Lipinski definition) is 0. The van der Waals surface area contributed by atoms with E-state index in [1.54, 1.807) is 0 Å². The summed E-state index contributed by atoms with van der Waals surface area (Å²) in [5.74, 6) is 0. The first-order valence-electron chi connectivity index (χ1n) is 4.21. The van der Waals surface area contributed by atoms with E-state index in [2.05, 4.69) is 49.4 Å². The SMILES string of the molecule is Cc1ccccc1C1=CC[C-]=C1.[F-].[F-].[Zr+3]. The van der Waals surface area contributed by atoms with Crippen molar-refractivity contribution in [2.24, 2.45) is 0 Å². The summed E-state index contributed by atoms with van der Waals surface area (Å²) in [4.78, 5) is 0. The summed E-state index contributed by atoms with van der Waals surface area (Å²) in [6, 6.07) is 8.45. The molecule has 0 aliphatic heterocycles. The third-order valence-electron chi connectivity index (χ3n) is 2.15. The van der Waals surface area contributed by atoms with Crippen LogP contribution in [0.25, 0.3) is 5.57 Å². The molecule has 0 bridgehead atoms. The second-order valence-corrected chi connectivity index (χ2v) is 3.03. The normalized spacial score (nSPS) is 11.9. The fourth-order valence-electron chi connectivity index (χ4n) is 1.48. The summed E-state index contributed by atoms with van der Waals surface area (Å²) < 4.78 is 0. The standard InChI is InChI=1S/C12H11.2FH.Zr/c1-10-6-2-5-9-12(10)11-7-3-4-8-11;;;/h2,5-9H,3H2,1H3;2*1H;/q-1;;;+3/p-2. The third kappa shape index (κ3) is 3.83. The molecule has 1 aliphatic rings. The van der Waals surface area contributed by atoms with Gasteiger partial charge in [-0.05, 0) is 6.92 Å². The van der Waals surface area contributed by atoms with Crippen molar-refractivity contribution < 1.29 is 35.6 Å². The van der Waals surface area contributed by atoms with E-state index in [9.17, 15) is 0 Å². The molecular formula is C12H11F2Zr. The Morgan fingerprint density at radius 1 is 1.13 bits per heavy atom. The molecule has 0 saturated heterocycles. The second-order valence-electron chi connectivity index (χ2n) is 3.03. The van der Waals surface area contributed by atoms with E-state index in [1.165, 1.54) is 16.7 Å². The van der Waals surface area contributed by atoms with Gasteiger partial charge in [-0.3, -0.25) is 6.08 Å². The van der Waals surface area contributed by atoms with Gasteiger partial charge in [0.1, 0.15) is 0 Å². The van der Waals surface area contributed by atoms with Gasteiger partial charge < -0.3 is 9.41 Å². The van der Waals surface area contributed by atoms with Crippen LogP contribution in [0.4, 0.5) is 0 Å². The van der Waals surface area contributed by atoms with Crippen molar-refractivity contribution in [3.05, 3.63) is 53.6 Å². The summed E-state index contributed by atoms with van der Waals surface area (Å²) in [5, 5.41) is 0. The zero-order valence-electron chi connectivity index (χ0n) is 8.43. The first-order chi connectivity index (χ1) is 5.88. The number of hydrogen-bond donors (Lipinski definition) is 0. The van der Waals surface area contributed by atoms with Crippen LogP contribution in [-0.4, -0.2) is 0 Å². The summed E-state index contributed by atoms with van der Waals surface area (Å²) in [7, 11) is 0. The fraction of sp³-hybridized carbons (Fsp3) is 0.167. The molecule has 0 nitrogen and oxygen atoms in total. The van der Waals surface area contributed by atoms with Crippen LogP contribution in [0.1, 0.15) is 17.5 Å². The Morgan fingerprint density at radius 3 is 2.33 bits per heavy atom. The minimum absolute atomic E-state index is 0. The van der Waals surface area contributed by atoms with Crippen molar-refractivity contribution >= 4 is 5.57 Å². The molecule has 0 N–H and O–H groups in total. The quantitative estimate of drug-likeness (QED) is 0.487. The fourth-order valence-corrected chi connectivity index (χ4v) is 1.48. The Hall–Kier alpha value is -0.557. The molecule has 1 aromatic rings. The van der Waals surface area contributed by atoms with Crippen molar-refractivity contribution in [1.29, 1.82) is 0 Å². The molecule has 77 valence electrons. The molecule has 1 aliphatic carbocycles. The van der Waals surface area contributed by atoms with Gasteiger partial charge in [0, 0.05) is 0 Å². The molecule has 1 aromatic carbocycles.